The van der Waals surface area contributed by atoms with E-state index in [9.17, 15) is 4.79 Å². The van der Waals surface area contributed by atoms with Gasteiger partial charge in [0.05, 0.1) is 5.60 Å². The highest BCUT2D eigenvalue weighted by atomic mass is 17.6. The van der Waals surface area contributed by atoms with Crippen molar-refractivity contribution in [3.8, 4) is 0 Å². The third-order valence-electron chi connectivity index (χ3n) is 0.722. The summed E-state index contributed by atoms with van der Waals surface area (Å²) in [6, 6.07) is 0. The second kappa shape index (κ2) is 7.18. The zero-order chi connectivity index (χ0) is 11.7. The van der Waals surface area contributed by atoms with E-state index in [0.29, 0.717) is 0 Å². The van der Waals surface area contributed by atoms with Gasteiger partial charge in [0, 0.05) is 0 Å². The SMILES string of the molecule is C=CCOOOC(=O)OOOC(C)(C)C. The lowest BCUT2D eigenvalue weighted by Gasteiger charge is -2.14. The van der Waals surface area contributed by atoms with Crippen molar-refractivity contribution in [1.82, 2.24) is 0 Å². The summed E-state index contributed by atoms with van der Waals surface area (Å²) in [5, 5.41) is 8.02. The molecule has 0 radical (unpaired) electrons. The molecule has 0 atom stereocenters. The van der Waals surface area contributed by atoms with Gasteiger partial charge in [-0.25, -0.2) is 9.78 Å². The molecule has 0 saturated heterocycles. The fourth-order valence-corrected chi connectivity index (χ4v) is 0.288. The Hall–Kier alpha value is -1.15. The number of hydrogen-bond acceptors (Lipinski definition) is 7. The maximum absolute atomic E-state index is 10.6. The van der Waals surface area contributed by atoms with E-state index in [1.807, 2.05) is 0 Å². The maximum Gasteiger partial charge on any atom is 0.577 e. The lowest BCUT2D eigenvalue weighted by atomic mass is 10.2. The zero-order valence-corrected chi connectivity index (χ0v) is 8.85. The fourth-order valence-electron chi connectivity index (χ4n) is 0.288. The summed E-state index contributed by atoms with van der Waals surface area (Å²) in [7, 11) is 0. The van der Waals surface area contributed by atoms with E-state index in [0.717, 1.165) is 0 Å². The number of carbonyl (C=O) groups is 1. The Balaban J connectivity index is 3.37. The molecule has 0 amide bonds. The first-order chi connectivity index (χ1) is 6.95. The molecular weight excluding hydrogens is 208 g/mol. The second-order valence-electron chi connectivity index (χ2n) is 3.32. The van der Waals surface area contributed by atoms with E-state index in [4.69, 9.17) is 0 Å². The minimum Gasteiger partial charge on any atom is -0.226 e. The van der Waals surface area contributed by atoms with Crippen LogP contribution >= 0.6 is 0 Å². The molecule has 0 aliphatic heterocycles. The largest absolute Gasteiger partial charge is 0.577 e. The zero-order valence-electron chi connectivity index (χ0n) is 8.85. The van der Waals surface area contributed by atoms with Crippen LogP contribution in [0.4, 0.5) is 4.79 Å². The minimum atomic E-state index is -1.26. The highest BCUT2D eigenvalue weighted by Gasteiger charge is 2.15. The molecule has 15 heavy (non-hydrogen) atoms. The van der Waals surface area contributed by atoms with Crippen LogP contribution in [0.5, 0.6) is 0 Å². The van der Waals surface area contributed by atoms with Gasteiger partial charge in [-0.05, 0) is 30.8 Å². The van der Waals surface area contributed by atoms with Gasteiger partial charge in [0.1, 0.15) is 6.61 Å². The van der Waals surface area contributed by atoms with Crippen LogP contribution in [-0.2, 0) is 29.6 Å². The predicted octanol–water partition coefficient (Wildman–Crippen LogP) is 1.85. The van der Waals surface area contributed by atoms with E-state index in [-0.39, 0.29) is 6.61 Å². The lowest BCUT2D eigenvalue weighted by Crippen LogP contribution is -2.21. The molecule has 88 valence electrons. The number of rotatable bonds is 6. The first-order valence-electron chi connectivity index (χ1n) is 4.09. The summed E-state index contributed by atoms with van der Waals surface area (Å²) in [6.07, 6.45) is 0.136. The minimum absolute atomic E-state index is 0.0621. The first-order valence-corrected chi connectivity index (χ1v) is 4.09. The van der Waals surface area contributed by atoms with Crippen LogP contribution in [0.3, 0.4) is 0 Å². The highest BCUT2D eigenvalue weighted by Crippen LogP contribution is 2.07. The Bertz CT molecular complexity index is 196. The molecule has 0 aromatic rings. The monoisotopic (exact) mass is 222 g/mol. The van der Waals surface area contributed by atoms with Gasteiger partial charge in [0.15, 0.2) is 0 Å². The van der Waals surface area contributed by atoms with Gasteiger partial charge in [-0.15, -0.1) is 6.58 Å². The predicted molar refractivity (Wildman–Crippen MR) is 46.7 cm³/mol. The van der Waals surface area contributed by atoms with Crippen LogP contribution in [0.15, 0.2) is 12.7 Å². The van der Waals surface area contributed by atoms with Crippen molar-refractivity contribution >= 4 is 6.16 Å². The summed E-state index contributed by atoms with van der Waals surface area (Å²) in [4.78, 5) is 27.4. The van der Waals surface area contributed by atoms with Gasteiger partial charge < -0.3 is 0 Å². The van der Waals surface area contributed by atoms with Crippen molar-refractivity contribution in [2.75, 3.05) is 6.61 Å². The fraction of sp³-hybridized carbons (Fsp3) is 0.625. The Morgan fingerprint density at radius 1 is 1.27 bits per heavy atom. The van der Waals surface area contributed by atoms with Crippen LogP contribution in [0.2, 0.25) is 0 Å². The Morgan fingerprint density at radius 2 is 1.87 bits per heavy atom. The van der Waals surface area contributed by atoms with Gasteiger partial charge >= 0.3 is 6.16 Å². The Labute approximate surface area is 87.2 Å². The molecule has 0 aromatic carbocycles. The van der Waals surface area contributed by atoms with Crippen molar-refractivity contribution in [3.63, 3.8) is 0 Å². The molecule has 0 heterocycles. The summed E-state index contributed by atoms with van der Waals surface area (Å²) >= 11 is 0. The number of carbonyl (C=O) groups excluding carboxylic acids is 1. The summed E-state index contributed by atoms with van der Waals surface area (Å²) in [6.45, 7) is 8.49. The van der Waals surface area contributed by atoms with Crippen molar-refractivity contribution in [1.29, 1.82) is 0 Å². The lowest BCUT2D eigenvalue weighted by molar-refractivity contribution is -0.541. The third kappa shape index (κ3) is 10.8. The molecule has 0 unspecified atom stereocenters. The van der Waals surface area contributed by atoms with Crippen molar-refractivity contribution < 1.29 is 34.4 Å². The number of hydrogen-bond donors (Lipinski definition) is 0. The summed E-state index contributed by atoms with van der Waals surface area (Å²) in [5.41, 5.74) is -0.611. The summed E-state index contributed by atoms with van der Waals surface area (Å²) < 4.78 is 0. The van der Waals surface area contributed by atoms with Gasteiger partial charge in [-0.3, -0.25) is 0 Å². The molecule has 7 nitrogen and oxygen atoms in total. The highest BCUT2D eigenvalue weighted by molar-refractivity contribution is 5.57. The molecule has 0 aliphatic rings. The molecule has 0 rings (SSSR count). The van der Waals surface area contributed by atoms with E-state index in [2.05, 4.69) is 36.2 Å². The smallest absolute Gasteiger partial charge is 0.226 e. The van der Waals surface area contributed by atoms with Gasteiger partial charge in [-0.2, -0.15) is 14.6 Å². The molecular formula is C8H14O7. The first kappa shape index (κ1) is 13.8. The van der Waals surface area contributed by atoms with Crippen LogP contribution in [-0.4, -0.2) is 18.4 Å². The van der Waals surface area contributed by atoms with Gasteiger partial charge in [-0.1, -0.05) is 6.08 Å². The van der Waals surface area contributed by atoms with Crippen molar-refractivity contribution in [2.45, 2.75) is 26.4 Å². The topological polar surface area (TPSA) is 72.5 Å². The Kier molecular flexibility index (Phi) is 6.63. The van der Waals surface area contributed by atoms with Crippen LogP contribution in [0.25, 0.3) is 0 Å². The van der Waals surface area contributed by atoms with Crippen molar-refractivity contribution in [3.05, 3.63) is 12.7 Å². The van der Waals surface area contributed by atoms with Gasteiger partial charge in [0.2, 0.25) is 0 Å². The van der Waals surface area contributed by atoms with Crippen LogP contribution in [0, 0.1) is 0 Å². The van der Waals surface area contributed by atoms with Crippen LogP contribution in [0.1, 0.15) is 20.8 Å². The summed E-state index contributed by atoms with van der Waals surface area (Å²) in [5.74, 6) is 0. The normalized spacial score (nSPS) is 10.9. The quantitative estimate of drug-likeness (QED) is 0.294. The third-order valence-corrected chi connectivity index (χ3v) is 0.722. The average molecular weight is 222 g/mol. The molecule has 0 fully saturated rings. The van der Waals surface area contributed by atoms with E-state index >= 15 is 0 Å². The van der Waals surface area contributed by atoms with Crippen LogP contribution < -0.4 is 0 Å². The van der Waals surface area contributed by atoms with E-state index < -0.39 is 11.8 Å². The molecule has 0 aliphatic carbocycles. The molecule has 0 bridgehead atoms. The Morgan fingerprint density at radius 3 is 2.40 bits per heavy atom. The van der Waals surface area contributed by atoms with Gasteiger partial charge in [0.25, 0.3) is 0 Å². The molecule has 0 aromatic heterocycles. The second-order valence-corrected chi connectivity index (χ2v) is 3.32. The molecule has 0 N–H and O–H groups in total. The van der Waals surface area contributed by atoms with Crippen molar-refractivity contribution in [2.24, 2.45) is 0 Å². The van der Waals surface area contributed by atoms with E-state index in [1.54, 1.807) is 20.8 Å². The van der Waals surface area contributed by atoms with E-state index in [1.165, 1.54) is 6.08 Å². The molecule has 0 spiro atoms. The molecule has 7 heteroatoms. The molecule has 0 saturated carbocycles. The average Bonchev–Trinajstić information content (AvgIpc) is 2.10. The maximum atomic E-state index is 10.6. The standard InChI is InChI=1S/C8H14O7/c1-5-6-10-14-11-7(9)12-15-13-8(2,3)4/h5H,1,6H2,2-4H3.